The number of rotatable bonds is 15. The number of esters is 2. The maximum atomic E-state index is 12.0. The zero-order chi connectivity index (χ0) is 25.1. The van der Waals surface area contributed by atoms with Crippen LogP contribution in [0.15, 0.2) is 24.3 Å². The lowest BCUT2D eigenvalue weighted by atomic mass is 10.1. The molecule has 2 rings (SSSR count). The molecule has 2 atom stereocenters. The van der Waals surface area contributed by atoms with E-state index in [1.165, 1.54) is 13.8 Å². The van der Waals surface area contributed by atoms with Gasteiger partial charge >= 0.3 is 11.9 Å². The van der Waals surface area contributed by atoms with E-state index in [1.807, 2.05) is 0 Å². The minimum atomic E-state index is -0.931. The second-order valence-electron chi connectivity index (χ2n) is 8.27. The highest BCUT2D eigenvalue weighted by Gasteiger charge is 2.34. The van der Waals surface area contributed by atoms with Gasteiger partial charge in [-0.05, 0) is 26.7 Å². The van der Waals surface area contributed by atoms with E-state index in [0.29, 0.717) is 12.8 Å². The first kappa shape index (κ1) is 26.9. The molecule has 0 saturated carbocycles. The molecule has 2 aliphatic heterocycles. The summed E-state index contributed by atoms with van der Waals surface area (Å²) >= 11 is 0. The number of hydrogen-bond donors (Lipinski definition) is 0. The van der Waals surface area contributed by atoms with Gasteiger partial charge in [-0.15, -0.1) is 0 Å². The molecule has 186 valence electrons. The number of carbonyl (C=O) groups excluding carboxylic acids is 6. The van der Waals surface area contributed by atoms with Crippen LogP contribution >= 0.6 is 0 Å². The van der Waals surface area contributed by atoms with Gasteiger partial charge in [0.15, 0.2) is 0 Å². The summed E-state index contributed by atoms with van der Waals surface area (Å²) in [7, 11) is 0. The highest BCUT2D eigenvalue weighted by molar-refractivity contribution is 6.15. The van der Waals surface area contributed by atoms with Crippen LogP contribution in [0.3, 0.4) is 0 Å². The van der Waals surface area contributed by atoms with Crippen molar-refractivity contribution in [2.24, 2.45) is 0 Å². The molecule has 0 fully saturated rings. The molecule has 2 heterocycles. The van der Waals surface area contributed by atoms with Crippen LogP contribution in [0.25, 0.3) is 0 Å². The highest BCUT2D eigenvalue weighted by Crippen LogP contribution is 2.13. The third-order valence-electron chi connectivity index (χ3n) is 5.67. The summed E-state index contributed by atoms with van der Waals surface area (Å²) in [4.78, 5) is 72.1. The molecule has 0 aromatic heterocycles. The van der Waals surface area contributed by atoms with Crippen LogP contribution in [0.4, 0.5) is 0 Å². The standard InChI is InChI=1S/C24H32N2O8/c1-17(25-19(27)11-12-20(25)28)23(31)33-15-9-7-5-3-4-6-8-10-16-34-24(32)18(2)26-21(29)13-14-22(26)30/h11-14,17-18H,3-10,15-16H2,1-2H3. The molecule has 10 nitrogen and oxygen atoms in total. The average molecular weight is 477 g/mol. The lowest BCUT2D eigenvalue weighted by Gasteiger charge is -2.20. The number of nitrogens with zero attached hydrogens (tertiary/aromatic N) is 2. The molecular weight excluding hydrogens is 444 g/mol. The van der Waals surface area contributed by atoms with Crippen molar-refractivity contribution in [3.63, 3.8) is 0 Å². The fourth-order valence-corrected chi connectivity index (χ4v) is 3.65. The van der Waals surface area contributed by atoms with Gasteiger partial charge in [-0.2, -0.15) is 0 Å². The second-order valence-corrected chi connectivity index (χ2v) is 8.27. The van der Waals surface area contributed by atoms with Gasteiger partial charge in [0.2, 0.25) is 0 Å². The van der Waals surface area contributed by atoms with Gasteiger partial charge in [-0.25, -0.2) is 9.59 Å². The van der Waals surface area contributed by atoms with E-state index in [-0.39, 0.29) is 13.2 Å². The van der Waals surface area contributed by atoms with Crippen molar-refractivity contribution < 1.29 is 38.2 Å². The predicted octanol–water partition coefficient (Wildman–Crippen LogP) is 1.82. The van der Waals surface area contributed by atoms with Crippen LogP contribution in [0, 0.1) is 0 Å². The van der Waals surface area contributed by atoms with E-state index in [9.17, 15) is 28.8 Å². The summed E-state index contributed by atoms with van der Waals surface area (Å²) in [6, 6.07) is -1.86. The van der Waals surface area contributed by atoms with Crippen LogP contribution in [0.1, 0.15) is 65.2 Å². The summed E-state index contributed by atoms with van der Waals surface area (Å²) in [6.45, 7) is 3.45. The maximum Gasteiger partial charge on any atom is 0.329 e. The van der Waals surface area contributed by atoms with Crippen LogP contribution in [0.2, 0.25) is 0 Å². The number of ether oxygens (including phenoxy) is 2. The van der Waals surface area contributed by atoms with E-state index >= 15 is 0 Å². The quantitative estimate of drug-likeness (QED) is 0.199. The first-order valence-corrected chi connectivity index (χ1v) is 11.7. The Labute approximate surface area is 198 Å². The fourth-order valence-electron chi connectivity index (χ4n) is 3.65. The lowest BCUT2D eigenvalue weighted by molar-refractivity contribution is -0.156. The summed E-state index contributed by atoms with van der Waals surface area (Å²) in [6.07, 6.45) is 11.9. The van der Waals surface area contributed by atoms with Gasteiger partial charge < -0.3 is 9.47 Å². The normalized spacial score (nSPS) is 17.0. The van der Waals surface area contributed by atoms with Gasteiger partial charge in [0.05, 0.1) is 13.2 Å². The molecular formula is C24H32N2O8. The summed E-state index contributed by atoms with van der Waals surface area (Å²) < 4.78 is 10.3. The summed E-state index contributed by atoms with van der Waals surface area (Å²) in [5.74, 6) is -3.19. The zero-order valence-electron chi connectivity index (χ0n) is 19.7. The van der Waals surface area contributed by atoms with E-state index < -0.39 is 47.7 Å². The van der Waals surface area contributed by atoms with Crippen molar-refractivity contribution >= 4 is 35.6 Å². The summed E-state index contributed by atoms with van der Waals surface area (Å²) in [5.41, 5.74) is 0. The predicted molar refractivity (Wildman–Crippen MR) is 120 cm³/mol. The Balaban J connectivity index is 1.42. The van der Waals surface area contributed by atoms with Crippen LogP contribution < -0.4 is 0 Å². The molecule has 0 saturated heterocycles. The highest BCUT2D eigenvalue weighted by atomic mass is 16.5. The minimum Gasteiger partial charge on any atom is -0.464 e. The topological polar surface area (TPSA) is 127 Å². The van der Waals surface area contributed by atoms with Crippen molar-refractivity contribution in [1.82, 2.24) is 9.80 Å². The molecule has 2 unspecified atom stereocenters. The number of imide groups is 2. The number of carbonyl (C=O) groups is 6. The molecule has 4 amide bonds. The third-order valence-corrected chi connectivity index (χ3v) is 5.67. The Bertz CT molecular complexity index is 757. The zero-order valence-corrected chi connectivity index (χ0v) is 19.7. The van der Waals surface area contributed by atoms with Gasteiger partial charge in [0, 0.05) is 24.3 Å². The molecule has 0 aliphatic carbocycles. The Morgan fingerprint density at radius 2 is 0.853 bits per heavy atom. The van der Waals surface area contributed by atoms with Gasteiger partial charge in [0.25, 0.3) is 23.6 Å². The van der Waals surface area contributed by atoms with Gasteiger partial charge in [0.1, 0.15) is 12.1 Å². The SMILES string of the molecule is CC(C(=O)OCCCCCCCCCCOC(=O)C(C)N1C(=O)C=CC1=O)N1C(=O)C=CC1=O. The Morgan fingerprint density at radius 1 is 0.588 bits per heavy atom. The molecule has 34 heavy (non-hydrogen) atoms. The lowest BCUT2D eigenvalue weighted by Crippen LogP contribution is -2.43. The van der Waals surface area contributed by atoms with Gasteiger partial charge in [-0.1, -0.05) is 38.5 Å². The maximum absolute atomic E-state index is 12.0. The number of amides is 4. The van der Waals surface area contributed by atoms with Crippen molar-refractivity contribution in [2.75, 3.05) is 13.2 Å². The largest absolute Gasteiger partial charge is 0.464 e. The molecule has 0 aromatic rings. The molecule has 0 aromatic carbocycles. The molecule has 0 radical (unpaired) electrons. The van der Waals surface area contributed by atoms with E-state index in [4.69, 9.17) is 9.47 Å². The van der Waals surface area contributed by atoms with Gasteiger partial charge in [-0.3, -0.25) is 29.0 Å². The first-order valence-electron chi connectivity index (χ1n) is 11.7. The Morgan fingerprint density at radius 3 is 1.15 bits per heavy atom. The molecule has 0 bridgehead atoms. The van der Waals surface area contributed by atoms with Crippen LogP contribution in [0.5, 0.6) is 0 Å². The third kappa shape index (κ3) is 7.64. The average Bonchev–Trinajstić information content (AvgIpc) is 3.32. The van der Waals surface area contributed by atoms with Crippen LogP contribution in [-0.4, -0.2) is 70.7 Å². The monoisotopic (exact) mass is 476 g/mol. The molecule has 0 N–H and O–H groups in total. The second kappa shape index (κ2) is 13.4. The van der Waals surface area contributed by atoms with Crippen molar-refractivity contribution in [2.45, 2.75) is 77.3 Å². The molecule has 0 spiro atoms. The van der Waals surface area contributed by atoms with Crippen LogP contribution in [-0.2, 0) is 38.2 Å². The van der Waals surface area contributed by atoms with E-state index in [1.54, 1.807) is 0 Å². The smallest absolute Gasteiger partial charge is 0.329 e. The summed E-state index contributed by atoms with van der Waals surface area (Å²) in [5, 5.41) is 0. The Hall–Kier alpha value is -3.30. The first-order chi connectivity index (χ1) is 16.2. The molecule has 10 heteroatoms. The van der Waals surface area contributed by atoms with Crippen molar-refractivity contribution in [3.8, 4) is 0 Å². The number of hydrogen-bond acceptors (Lipinski definition) is 8. The minimum absolute atomic E-state index is 0.251. The number of unbranched alkanes of at least 4 members (excludes halogenated alkanes) is 7. The van der Waals surface area contributed by atoms with Crippen molar-refractivity contribution in [1.29, 1.82) is 0 Å². The van der Waals surface area contributed by atoms with E-state index in [2.05, 4.69) is 0 Å². The molecule has 2 aliphatic rings. The fraction of sp³-hybridized carbons (Fsp3) is 0.583. The Kier molecular flexibility index (Phi) is 10.6. The van der Waals surface area contributed by atoms with E-state index in [0.717, 1.165) is 72.6 Å². The van der Waals surface area contributed by atoms with Crippen molar-refractivity contribution in [3.05, 3.63) is 24.3 Å².